The second-order valence-electron chi connectivity index (χ2n) is 25.0. The number of carbonyl (C=O) groups is 3. The summed E-state index contributed by atoms with van der Waals surface area (Å²) in [5, 5.41) is 20.6. The summed E-state index contributed by atoms with van der Waals surface area (Å²) in [5.41, 5.74) is 0. The fraction of sp³-hybridized carbons (Fsp3) is 0.667. The van der Waals surface area contributed by atoms with E-state index in [1.165, 1.54) is 51.4 Å². The molecular formula is C81H136O16P2. The Balaban J connectivity index is 4.56. The zero-order valence-electron chi connectivity index (χ0n) is 61.6. The van der Waals surface area contributed by atoms with Crippen LogP contribution in [0.5, 0.6) is 0 Å². The topological polar surface area (TPSA) is 231 Å². The van der Waals surface area contributed by atoms with Crippen molar-refractivity contribution >= 4 is 33.6 Å². The number of phosphoric ester groups is 2. The monoisotopic (exact) mass is 1430 g/mol. The molecule has 0 aliphatic rings. The van der Waals surface area contributed by atoms with E-state index in [1.807, 2.05) is 0 Å². The number of ether oxygens (including phenoxy) is 3. The number of rotatable bonds is 71. The lowest BCUT2D eigenvalue weighted by Gasteiger charge is -2.21. The molecule has 0 amide bonds. The number of esters is 3. The van der Waals surface area contributed by atoms with E-state index in [0.717, 1.165) is 180 Å². The van der Waals surface area contributed by atoms with E-state index in [9.17, 15) is 43.5 Å². The molecule has 5 atom stereocenters. The molecule has 0 aromatic heterocycles. The van der Waals surface area contributed by atoms with Gasteiger partial charge in [0.05, 0.1) is 26.4 Å². The van der Waals surface area contributed by atoms with Crippen LogP contribution >= 0.6 is 15.6 Å². The maximum absolute atomic E-state index is 12.9. The molecule has 0 heterocycles. The predicted molar refractivity (Wildman–Crippen MR) is 408 cm³/mol. The van der Waals surface area contributed by atoms with Gasteiger partial charge in [-0.25, -0.2) is 9.13 Å². The fourth-order valence-electron chi connectivity index (χ4n) is 9.77. The summed E-state index contributed by atoms with van der Waals surface area (Å²) in [6, 6.07) is 0. The van der Waals surface area contributed by atoms with Gasteiger partial charge in [0.1, 0.15) is 25.4 Å². The molecule has 0 fully saturated rings. The number of hydrogen-bond acceptors (Lipinski definition) is 14. The molecule has 0 rings (SSSR count). The lowest BCUT2D eigenvalue weighted by Crippen LogP contribution is -2.30. The molecule has 566 valence electrons. The van der Waals surface area contributed by atoms with Crippen LogP contribution in [0, 0.1) is 0 Å². The van der Waals surface area contributed by atoms with E-state index in [2.05, 4.69) is 167 Å². The first-order valence-electron chi connectivity index (χ1n) is 38.1. The van der Waals surface area contributed by atoms with Crippen molar-refractivity contribution in [1.82, 2.24) is 0 Å². The third kappa shape index (κ3) is 74.4. The molecule has 18 heteroatoms. The largest absolute Gasteiger partial charge is 0.472 e. The van der Waals surface area contributed by atoms with Crippen molar-refractivity contribution < 1.29 is 75.8 Å². The van der Waals surface area contributed by atoms with Gasteiger partial charge in [-0.05, 0) is 141 Å². The first-order chi connectivity index (χ1) is 48.2. The summed E-state index contributed by atoms with van der Waals surface area (Å²) in [5.74, 6) is -1.62. The lowest BCUT2D eigenvalue weighted by atomic mass is 10.1. The number of allylic oxidation sites excluding steroid dienone is 24. The molecule has 0 bridgehead atoms. The molecule has 0 saturated carbocycles. The molecule has 0 aliphatic heterocycles. The molecule has 0 aliphatic carbocycles. The van der Waals surface area contributed by atoms with Gasteiger partial charge in [-0.3, -0.25) is 32.5 Å². The average Bonchev–Trinajstić information content (AvgIpc) is 1.73. The Labute approximate surface area is 600 Å². The van der Waals surface area contributed by atoms with Crippen LogP contribution in [0.1, 0.15) is 290 Å². The van der Waals surface area contributed by atoms with Crippen molar-refractivity contribution in [3.8, 4) is 0 Å². The maximum atomic E-state index is 12.9. The second kappa shape index (κ2) is 73.2. The van der Waals surface area contributed by atoms with Crippen molar-refractivity contribution in [1.29, 1.82) is 0 Å². The third-order valence-electron chi connectivity index (χ3n) is 15.5. The van der Waals surface area contributed by atoms with Gasteiger partial charge in [0.25, 0.3) is 0 Å². The molecule has 16 nitrogen and oxygen atoms in total. The van der Waals surface area contributed by atoms with Gasteiger partial charge in [0, 0.05) is 19.3 Å². The predicted octanol–water partition coefficient (Wildman–Crippen LogP) is 22.1. The van der Waals surface area contributed by atoms with Gasteiger partial charge in [-0.2, -0.15) is 0 Å². The molecule has 0 aromatic carbocycles. The van der Waals surface area contributed by atoms with Crippen molar-refractivity contribution in [3.63, 3.8) is 0 Å². The van der Waals surface area contributed by atoms with Crippen LogP contribution in [-0.4, -0.2) is 95.9 Å². The van der Waals surface area contributed by atoms with Crippen LogP contribution in [0.2, 0.25) is 0 Å². The molecule has 0 saturated heterocycles. The highest BCUT2D eigenvalue weighted by Crippen LogP contribution is 2.45. The van der Waals surface area contributed by atoms with Gasteiger partial charge in [0.15, 0.2) is 6.10 Å². The van der Waals surface area contributed by atoms with Crippen LogP contribution in [-0.2, 0) is 55.8 Å². The van der Waals surface area contributed by atoms with Crippen LogP contribution < -0.4 is 0 Å². The number of carbonyl (C=O) groups excluding carboxylic acids is 3. The summed E-state index contributed by atoms with van der Waals surface area (Å²) in [4.78, 5) is 58.6. The van der Waals surface area contributed by atoms with Gasteiger partial charge < -0.3 is 34.2 Å². The summed E-state index contributed by atoms with van der Waals surface area (Å²) in [6.45, 7) is 2.38. The van der Waals surface area contributed by atoms with E-state index in [1.54, 1.807) is 0 Å². The van der Waals surface area contributed by atoms with Crippen molar-refractivity contribution in [3.05, 3.63) is 146 Å². The minimum atomic E-state index is -4.94. The normalized spacial score (nSPS) is 14.9. The minimum Gasteiger partial charge on any atom is -0.463 e. The highest BCUT2D eigenvalue weighted by molar-refractivity contribution is 7.47. The number of phosphoric acid groups is 2. The average molecular weight is 1430 g/mol. The van der Waals surface area contributed by atoms with Crippen molar-refractivity contribution in [2.45, 2.75) is 309 Å². The Morgan fingerprint density at radius 1 is 0.293 bits per heavy atom. The molecule has 0 aromatic rings. The Morgan fingerprint density at radius 2 is 0.535 bits per heavy atom. The van der Waals surface area contributed by atoms with E-state index < -0.39 is 91.5 Å². The minimum absolute atomic E-state index is 0.0786. The SMILES string of the molecule is CC/C=C\C/C=C\C/C=C\C/C=C\C/C=C\C/C=C\CCCCCCCCCCCCC(=O)OCC(O)COP(=O)(O)OCC(O)COP(=O)(O)OCC(COC(=O)CCCCCCCC/C=C\C/C=C\C/C=C\CCCCC)OC(=O)CCCCCCC/C=C\C/C=C\C/C=C\CC. The van der Waals surface area contributed by atoms with E-state index in [-0.39, 0.29) is 19.3 Å². The Kier molecular flexibility index (Phi) is 69.8. The highest BCUT2D eigenvalue weighted by atomic mass is 31.2. The standard InChI is InChI=1S/C81H136O16P2/c1-4-7-10-13-16-19-22-25-28-30-32-33-34-35-36-37-38-39-40-41-43-45-47-49-52-55-58-61-64-67-79(84)91-70-76(82)71-93-98(87,88)94-72-77(83)73-95-99(89,90)96-75-78(97-81(86)69-66-63-60-57-54-51-46-27-24-21-18-15-12-9-6-3)74-92-80(85)68-65-62-59-56-53-50-48-44-42-31-29-26-23-20-17-14-11-8-5-2/h7,9-10,12,16-21,25-29,32-33,35-36,38-39,42,44,46,76-78,82-83H,4-6,8,11,13-15,22-24,30-31,34,37,40-41,43,45,47-75H2,1-3H3,(H,87,88)(H,89,90)/b10-7-,12-9-,19-16-,20-17-,21-18-,28-25-,29-26-,33-32-,36-35-,39-38-,44-42-,46-27-. The fourth-order valence-corrected chi connectivity index (χ4v) is 11.4. The second-order valence-corrected chi connectivity index (χ2v) is 27.9. The summed E-state index contributed by atoms with van der Waals surface area (Å²) in [6.07, 6.45) is 88.9. The van der Waals surface area contributed by atoms with Gasteiger partial charge in [-0.15, -0.1) is 0 Å². The van der Waals surface area contributed by atoms with Crippen molar-refractivity contribution in [2.24, 2.45) is 0 Å². The van der Waals surface area contributed by atoms with Crippen LogP contribution in [0.3, 0.4) is 0 Å². The van der Waals surface area contributed by atoms with Crippen LogP contribution in [0.15, 0.2) is 146 Å². The third-order valence-corrected chi connectivity index (χ3v) is 17.4. The van der Waals surface area contributed by atoms with Gasteiger partial charge in [-0.1, -0.05) is 276 Å². The zero-order chi connectivity index (χ0) is 72.3. The number of hydrogen-bond donors (Lipinski definition) is 4. The van der Waals surface area contributed by atoms with Crippen molar-refractivity contribution in [2.75, 3.05) is 39.6 Å². The van der Waals surface area contributed by atoms with E-state index >= 15 is 0 Å². The zero-order valence-corrected chi connectivity index (χ0v) is 63.4. The first kappa shape index (κ1) is 94.4. The quantitative estimate of drug-likeness (QED) is 0.0146. The smallest absolute Gasteiger partial charge is 0.463 e. The summed E-state index contributed by atoms with van der Waals surface area (Å²) >= 11 is 0. The molecule has 0 radical (unpaired) electrons. The Morgan fingerprint density at radius 3 is 0.848 bits per heavy atom. The first-order valence-corrected chi connectivity index (χ1v) is 41.1. The molecular weight excluding hydrogens is 1290 g/mol. The molecule has 0 spiro atoms. The number of aliphatic hydroxyl groups is 2. The maximum Gasteiger partial charge on any atom is 0.472 e. The molecule has 4 N–H and O–H groups in total. The van der Waals surface area contributed by atoms with Crippen LogP contribution in [0.4, 0.5) is 0 Å². The highest BCUT2D eigenvalue weighted by Gasteiger charge is 2.29. The van der Waals surface area contributed by atoms with Gasteiger partial charge in [0.2, 0.25) is 0 Å². The van der Waals surface area contributed by atoms with E-state index in [4.69, 9.17) is 32.3 Å². The molecule has 99 heavy (non-hydrogen) atoms. The number of unbranched alkanes of at least 4 members (excludes halogenated alkanes) is 24. The molecule has 5 unspecified atom stereocenters. The van der Waals surface area contributed by atoms with Crippen LogP contribution in [0.25, 0.3) is 0 Å². The van der Waals surface area contributed by atoms with E-state index in [0.29, 0.717) is 19.3 Å². The Bertz CT molecular complexity index is 2380. The lowest BCUT2D eigenvalue weighted by molar-refractivity contribution is -0.161. The van der Waals surface area contributed by atoms with Gasteiger partial charge >= 0.3 is 33.6 Å². The number of aliphatic hydroxyl groups excluding tert-OH is 2. The Hall–Kier alpha value is -4.57. The summed E-state index contributed by atoms with van der Waals surface area (Å²) in [7, 11) is -9.80. The summed E-state index contributed by atoms with van der Waals surface area (Å²) < 4.78 is 61.0.